The molecular weight excluding hydrogens is 504 g/mol. The molecule has 0 N–H and O–H groups in total. The molecule has 5 nitrogen and oxygen atoms in total. The Morgan fingerprint density at radius 1 is 0.439 bits per heavy atom. The molecule has 0 saturated carbocycles. The van der Waals surface area contributed by atoms with E-state index < -0.39 is 0 Å². The number of aromatic nitrogens is 4. The van der Waals surface area contributed by atoms with Crippen molar-refractivity contribution in [1.29, 1.82) is 0 Å². The molecular formula is C36H22N4O. The summed E-state index contributed by atoms with van der Waals surface area (Å²) < 4.78 is 11.1. The van der Waals surface area contributed by atoms with Gasteiger partial charge in [-0.15, -0.1) is 0 Å². The summed E-state index contributed by atoms with van der Waals surface area (Å²) in [5.41, 5.74) is 4.38. The molecule has 0 radical (unpaired) electrons. The van der Waals surface area contributed by atoms with Crippen molar-refractivity contribution >= 4 is 54.4 Å². The van der Waals surface area contributed by atoms with Gasteiger partial charge in [0.2, 0.25) is 0 Å². The lowest BCUT2D eigenvalue weighted by molar-refractivity contribution is 0.484. The Hall–Kier alpha value is -5.68. The fourth-order valence-corrected chi connectivity index (χ4v) is 6.34. The van der Waals surface area contributed by atoms with E-state index in [-0.39, 0.29) is 0 Å². The second-order valence-electron chi connectivity index (χ2n) is 10.3. The van der Waals surface area contributed by atoms with Gasteiger partial charge in [0.1, 0.15) is 23.1 Å². The van der Waals surface area contributed by atoms with Crippen molar-refractivity contribution in [2.24, 2.45) is 0 Å². The number of rotatable bonds is 4. The van der Waals surface area contributed by atoms with Crippen LogP contribution in [-0.4, -0.2) is 19.1 Å². The third-order valence-electron chi connectivity index (χ3n) is 8.01. The largest absolute Gasteiger partial charge is 0.457 e. The van der Waals surface area contributed by atoms with Crippen LogP contribution in [0.3, 0.4) is 0 Å². The van der Waals surface area contributed by atoms with Gasteiger partial charge in [-0.2, -0.15) is 0 Å². The molecule has 0 atom stereocenters. The highest BCUT2D eigenvalue weighted by atomic mass is 16.5. The highest BCUT2D eigenvalue weighted by molar-refractivity contribution is 6.24. The molecule has 41 heavy (non-hydrogen) atoms. The first-order chi connectivity index (χ1) is 20.3. The summed E-state index contributed by atoms with van der Waals surface area (Å²) in [6.07, 6.45) is 3.67. The van der Waals surface area contributed by atoms with Crippen molar-refractivity contribution in [3.8, 4) is 23.1 Å². The lowest BCUT2D eigenvalue weighted by atomic mass is 10.0. The van der Waals surface area contributed by atoms with Gasteiger partial charge in [0, 0.05) is 46.1 Å². The quantitative estimate of drug-likeness (QED) is 0.215. The smallest absolute Gasteiger partial charge is 0.137 e. The summed E-state index contributed by atoms with van der Waals surface area (Å²) in [5, 5.41) is 7.18. The van der Waals surface area contributed by atoms with Crippen LogP contribution >= 0.6 is 0 Å². The Balaban J connectivity index is 1.26. The summed E-state index contributed by atoms with van der Waals surface area (Å²) in [5.74, 6) is 3.31. The van der Waals surface area contributed by atoms with Crippen LogP contribution in [0.4, 0.5) is 0 Å². The van der Waals surface area contributed by atoms with E-state index in [0.29, 0.717) is 0 Å². The maximum atomic E-state index is 6.63. The predicted molar refractivity (Wildman–Crippen MR) is 166 cm³/mol. The molecule has 5 aromatic carbocycles. The number of pyridine rings is 2. The van der Waals surface area contributed by atoms with Gasteiger partial charge in [-0.05, 0) is 65.4 Å². The normalized spacial score (nSPS) is 11.9. The van der Waals surface area contributed by atoms with E-state index in [1.54, 1.807) is 0 Å². The van der Waals surface area contributed by atoms with E-state index in [1.807, 2.05) is 42.7 Å². The van der Waals surface area contributed by atoms with Crippen LogP contribution in [0.1, 0.15) is 0 Å². The van der Waals surface area contributed by atoms with Crippen molar-refractivity contribution in [3.05, 3.63) is 134 Å². The second-order valence-corrected chi connectivity index (χ2v) is 10.3. The summed E-state index contributed by atoms with van der Waals surface area (Å²) in [6.45, 7) is 0. The third-order valence-corrected chi connectivity index (χ3v) is 8.01. The molecule has 9 aromatic rings. The Labute approximate surface area is 234 Å². The number of para-hydroxylation sites is 1. The number of benzene rings is 5. The lowest BCUT2D eigenvalue weighted by Crippen LogP contribution is -1.97. The first kappa shape index (κ1) is 22.2. The summed E-state index contributed by atoms with van der Waals surface area (Å²) in [4.78, 5) is 9.36. The molecule has 0 unspecified atom stereocenters. The molecule has 0 spiro atoms. The van der Waals surface area contributed by atoms with Crippen molar-refractivity contribution in [1.82, 2.24) is 19.1 Å². The Bertz CT molecular complexity index is 2390. The van der Waals surface area contributed by atoms with Crippen LogP contribution in [0.25, 0.3) is 66.0 Å². The van der Waals surface area contributed by atoms with Gasteiger partial charge in [0.15, 0.2) is 0 Å². The molecule has 0 amide bonds. The van der Waals surface area contributed by atoms with Gasteiger partial charge in [-0.3, -0.25) is 9.13 Å². The van der Waals surface area contributed by atoms with E-state index in [1.165, 1.54) is 21.5 Å². The number of nitrogens with zero attached hydrogens (tertiary/aromatic N) is 4. The first-order valence-electron chi connectivity index (χ1n) is 13.7. The molecule has 4 aromatic heterocycles. The van der Waals surface area contributed by atoms with Crippen molar-refractivity contribution in [2.75, 3.05) is 0 Å². The number of hydrogen-bond donors (Lipinski definition) is 0. The van der Waals surface area contributed by atoms with E-state index >= 15 is 0 Å². The van der Waals surface area contributed by atoms with E-state index in [2.05, 4.69) is 105 Å². The second kappa shape index (κ2) is 8.41. The molecule has 0 aliphatic rings. The van der Waals surface area contributed by atoms with Gasteiger partial charge in [-0.1, -0.05) is 54.6 Å². The fraction of sp³-hybridized carbons (Fsp3) is 0. The predicted octanol–water partition coefficient (Wildman–Crippen LogP) is 9.05. The van der Waals surface area contributed by atoms with Gasteiger partial charge in [0.25, 0.3) is 0 Å². The molecule has 0 saturated heterocycles. The molecule has 0 aliphatic heterocycles. The maximum Gasteiger partial charge on any atom is 0.137 e. The number of fused-ring (bicyclic) bond motifs is 3. The SMILES string of the molecule is c1ccc(-n2c3ccccc3c3ccc(Oc4cc5ccc6cccc7c6c5c(c4)n7-c4ccccn4)cc32)nc1. The zero-order chi connectivity index (χ0) is 26.9. The highest BCUT2D eigenvalue weighted by Gasteiger charge is 2.19. The molecule has 192 valence electrons. The molecule has 5 heteroatoms. The maximum absolute atomic E-state index is 6.63. The van der Waals surface area contributed by atoms with Gasteiger partial charge in [-0.25, -0.2) is 9.97 Å². The van der Waals surface area contributed by atoms with E-state index in [0.717, 1.165) is 56.0 Å². The first-order valence-corrected chi connectivity index (χ1v) is 13.7. The molecule has 0 fully saturated rings. The lowest BCUT2D eigenvalue weighted by Gasteiger charge is -2.11. The molecule has 4 heterocycles. The van der Waals surface area contributed by atoms with E-state index in [4.69, 9.17) is 9.72 Å². The van der Waals surface area contributed by atoms with Crippen molar-refractivity contribution < 1.29 is 4.74 Å². The highest BCUT2D eigenvalue weighted by Crippen LogP contribution is 2.42. The minimum Gasteiger partial charge on any atom is -0.457 e. The van der Waals surface area contributed by atoms with Crippen LogP contribution in [-0.2, 0) is 0 Å². The minimum absolute atomic E-state index is 0.769. The van der Waals surface area contributed by atoms with E-state index in [9.17, 15) is 0 Å². The Morgan fingerprint density at radius 2 is 1.10 bits per heavy atom. The minimum atomic E-state index is 0.769. The Morgan fingerprint density at radius 3 is 1.90 bits per heavy atom. The van der Waals surface area contributed by atoms with Crippen LogP contribution in [0.2, 0.25) is 0 Å². The van der Waals surface area contributed by atoms with Crippen LogP contribution < -0.4 is 4.74 Å². The van der Waals surface area contributed by atoms with Crippen molar-refractivity contribution in [2.45, 2.75) is 0 Å². The zero-order valence-corrected chi connectivity index (χ0v) is 21.9. The Kier molecular flexibility index (Phi) is 4.55. The average Bonchev–Trinajstić information content (AvgIpc) is 3.54. The summed E-state index contributed by atoms with van der Waals surface area (Å²) in [7, 11) is 0. The van der Waals surface area contributed by atoms with Gasteiger partial charge < -0.3 is 4.74 Å². The molecule has 0 aliphatic carbocycles. The topological polar surface area (TPSA) is 44.9 Å². The third kappa shape index (κ3) is 3.23. The number of hydrogen-bond acceptors (Lipinski definition) is 3. The monoisotopic (exact) mass is 526 g/mol. The van der Waals surface area contributed by atoms with Crippen molar-refractivity contribution in [3.63, 3.8) is 0 Å². The van der Waals surface area contributed by atoms with Crippen LogP contribution in [0, 0.1) is 0 Å². The molecule has 9 rings (SSSR count). The zero-order valence-electron chi connectivity index (χ0n) is 21.9. The van der Waals surface area contributed by atoms with Gasteiger partial charge in [0.05, 0.1) is 22.1 Å². The average molecular weight is 527 g/mol. The standard InChI is InChI=1S/C36H22N4O/c1-2-10-29-27(9-1)28-17-16-25(21-31(28)39(29)33-12-3-5-18-37-33)41-26-20-24-15-14-23-8-7-11-30-35(23)36(24)32(22-26)40(30)34-13-4-6-19-38-34/h1-22H. The number of ether oxygens (including phenoxy) is 1. The van der Waals surface area contributed by atoms with Gasteiger partial charge >= 0.3 is 0 Å². The molecule has 0 bridgehead atoms. The summed E-state index contributed by atoms with van der Waals surface area (Å²) >= 11 is 0. The van der Waals surface area contributed by atoms with Crippen LogP contribution in [0.15, 0.2) is 134 Å². The fourth-order valence-electron chi connectivity index (χ4n) is 6.34. The van der Waals surface area contributed by atoms with Crippen LogP contribution in [0.5, 0.6) is 11.5 Å². The summed E-state index contributed by atoms with van der Waals surface area (Å²) in [6, 6.07) is 41.9.